The number of nitrogens with one attached hydrogen (secondary N) is 1. The van der Waals surface area contributed by atoms with E-state index in [0.29, 0.717) is 41.5 Å². The minimum Gasteiger partial charge on any atom is -0.494 e. The summed E-state index contributed by atoms with van der Waals surface area (Å²) in [6, 6.07) is 13.9. The number of halogens is 3. The predicted molar refractivity (Wildman–Crippen MR) is 115 cm³/mol. The molecule has 31 heavy (non-hydrogen) atoms. The topological polar surface area (TPSA) is 47.1 Å². The first-order valence-electron chi connectivity index (χ1n) is 10.6. The second-order valence-electron chi connectivity index (χ2n) is 7.26. The Morgan fingerprint density at radius 2 is 1.26 bits per heavy atom. The molecule has 0 saturated heterocycles. The van der Waals surface area contributed by atoms with E-state index in [1.807, 2.05) is 0 Å². The van der Waals surface area contributed by atoms with Crippen molar-refractivity contribution in [2.24, 2.45) is 0 Å². The van der Waals surface area contributed by atoms with Crippen LogP contribution in [0.5, 0.6) is 11.5 Å². The highest BCUT2D eigenvalue weighted by molar-refractivity contribution is 5.79. The van der Waals surface area contributed by atoms with Crippen LogP contribution in [0.15, 0.2) is 48.5 Å². The summed E-state index contributed by atoms with van der Waals surface area (Å²) in [5.41, 5.74) is 1.73. The molecule has 166 valence electrons. The van der Waals surface area contributed by atoms with Crippen molar-refractivity contribution in [3.05, 3.63) is 54.4 Å². The third kappa shape index (κ3) is 6.03. The molecule has 4 nitrogen and oxygen atoms in total. The van der Waals surface area contributed by atoms with Crippen LogP contribution in [0.25, 0.3) is 22.5 Å². The van der Waals surface area contributed by atoms with E-state index >= 15 is 0 Å². The summed E-state index contributed by atoms with van der Waals surface area (Å²) in [5.74, 6) is 0.339. The van der Waals surface area contributed by atoms with E-state index in [9.17, 15) is 13.2 Å². The van der Waals surface area contributed by atoms with Crippen LogP contribution in [0.1, 0.15) is 45.4 Å². The van der Waals surface area contributed by atoms with Gasteiger partial charge in [-0.1, -0.05) is 26.7 Å². The third-order valence-electron chi connectivity index (χ3n) is 4.78. The van der Waals surface area contributed by atoms with Crippen molar-refractivity contribution in [2.75, 3.05) is 13.2 Å². The van der Waals surface area contributed by atoms with E-state index in [-0.39, 0.29) is 5.69 Å². The van der Waals surface area contributed by atoms with Gasteiger partial charge in [-0.05, 0) is 61.4 Å². The number of ether oxygens (including phenoxy) is 2. The van der Waals surface area contributed by atoms with Crippen LogP contribution in [0, 0.1) is 0 Å². The van der Waals surface area contributed by atoms with Gasteiger partial charge in [-0.3, -0.25) is 0 Å². The Hall–Kier alpha value is -2.96. The minimum atomic E-state index is -4.57. The van der Waals surface area contributed by atoms with Crippen molar-refractivity contribution in [2.45, 2.75) is 45.7 Å². The number of hydrogen-bond donors (Lipinski definition) is 1. The van der Waals surface area contributed by atoms with Crippen molar-refractivity contribution in [3.8, 4) is 34.0 Å². The summed E-state index contributed by atoms with van der Waals surface area (Å²) < 4.78 is 51.3. The zero-order valence-corrected chi connectivity index (χ0v) is 17.8. The molecule has 1 N–H and O–H groups in total. The summed E-state index contributed by atoms with van der Waals surface area (Å²) in [6.45, 7) is 5.37. The molecule has 0 atom stereocenters. The molecule has 3 rings (SSSR count). The Kier molecular flexibility index (Phi) is 7.60. The monoisotopic (exact) mass is 432 g/mol. The summed E-state index contributed by atoms with van der Waals surface area (Å²) >= 11 is 0. The van der Waals surface area contributed by atoms with E-state index in [1.54, 1.807) is 48.5 Å². The fraction of sp³-hybridized carbons (Fsp3) is 0.375. The molecule has 3 aromatic rings. The molecule has 0 aliphatic rings. The Morgan fingerprint density at radius 3 is 1.71 bits per heavy atom. The molecule has 0 radical (unpaired) electrons. The summed E-state index contributed by atoms with van der Waals surface area (Å²) in [5, 5.41) is 0. The van der Waals surface area contributed by atoms with Crippen LogP contribution in [0.4, 0.5) is 13.2 Å². The molecule has 0 aliphatic carbocycles. The molecule has 0 unspecified atom stereocenters. The maximum Gasteiger partial charge on any atom is 0.449 e. The molecular formula is C24H27F3N2O2. The summed E-state index contributed by atoms with van der Waals surface area (Å²) in [4.78, 5) is 6.32. The average molecular weight is 432 g/mol. The number of nitrogens with zero attached hydrogens (tertiary/aromatic N) is 1. The van der Waals surface area contributed by atoms with Crippen molar-refractivity contribution >= 4 is 0 Å². The van der Waals surface area contributed by atoms with E-state index in [1.165, 1.54) is 0 Å². The van der Waals surface area contributed by atoms with Gasteiger partial charge in [0.25, 0.3) is 0 Å². The molecule has 0 bridgehead atoms. The molecule has 0 fully saturated rings. The zero-order chi connectivity index (χ0) is 22.3. The van der Waals surface area contributed by atoms with E-state index < -0.39 is 12.0 Å². The number of aromatic nitrogens is 2. The minimum absolute atomic E-state index is 0.243. The predicted octanol–water partition coefficient (Wildman–Crippen LogP) is 7.12. The maximum atomic E-state index is 13.4. The van der Waals surface area contributed by atoms with Gasteiger partial charge >= 0.3 is 6.18 Å². The normalized spacial score (nSPS) is 11.5. The number of benzene rings is 2. The van der Waals surface area contributed by atoms with Crippen LogP contribution in [-0.2, 0) is 6.18 Å². The van der Waals surface area contributed by atoms with Gasteiger partial charge in [0.2, 0.25) is 5.82 Å². The Morgan fingerprint density at radius 1 is 0.774 bits per heavy atom. The van der Waals surface area contributed by atoms with Gasteiger partial charge in [-0.2, -0.15) is 13.2 Å². The Balaban J connectivity index is 1.89. The standard InChI is InChI=1S/C24H27F3N2O2/c1-3-5-15-30-19-11-7-17(8-12-19)21-22(29-23(28-21)24(25,26)27)18-9-13-20(14-10-18)31-16-6-4-2/h7-14H,3-6,15-16H2,1-2H3,(H,28,29). The van der Waals surface area contributed by atoms with Crippen molar-refractivity contribution in [1.82, 2.24) is 9.97 Å². The molecule has 0 aliphatic heterocycles. The third-order valence-corrected chi connectivity index (χ3v) is 4.78. The van der Waals surface area contributed by atoms with Crippen LogP contribution in [0.2, 0.25) is 0 Å². The highest BCUT2D eigenvalue weighted by Crippen LogP contribution is 2.36. The van der Waals surface area contributed by atoms with Crippen LogP contribution in [0.3, 0.4) is 0 Å². The highest BCUT2D eigenvalue weighted by Gasteiger charge is 2.36. The zero-order valence-electron chi connectivity index (χ0n) is 17.8. The van der Waals surface area contributed by atoms with Crippen LogP contribution in [-0.4, -0.2) is 23.2 Å². The molecule has 2 aromatic carbocycles. The number of aromatic amines is 1. The van der Waals surface area contributed by atoms with Gasteiger partial charge in [-0.15, -0.1) is 0 Å². The van der Waals surface area contributed by atoms with Crippen molar-refractivity contribution < 1.29 is 22.6 Å². The lowest BCUT2D eigenvalue weighted by molar-refractivity contribution is -0.144. The quantitative estimate of drug-likeness (QED) is 0.347. The van der Waals surface area contributed by atoms with Gasteiger partial charge in [0.15, 0.2) is 0 Å². The van der Waals surface area contributed by atoms with E-state index in [0.717, 1.165) is 25.7 Å². The number of imidazole rings is 1. The molecule has 0 amide bonds. The summed E-state index contributed by atoms with van der Waals surface area (Å²) in [6.07, 6.45) is -0.632. The lowest BCUT2D eigenvalue weighted by Crippen LogP contribution is -2.07. The van der Waals surface area contributed by atoms with Gasteiger partial charge in [0.05, 0.1) is 24.6 Å². The SMILES string of the molecule is CCCCOc1ccc(-c2nc(C(F)(F)F)[nH]c2-c2ccc(OCCCC)cc2)cc1. The molecular weight excluding hydrogens is 405 g/mol. The molecule has 0 spiro atoms. The van der Waals surface area contributed by atoms with Crippen molar-refractivity contribution in [1.29, 1.82) is 0 Å². The Bertz CT molecular complexity index is 877. The maximum absolute atomic E-state index is 13.4. The van der Waals surface area contributed by atoms with Gasteiger partial charge in [0, 0.05) is 11.1 Å². The number of rotatable bonds is 10. The number of H-pyrrole nitrogens is 1. The van der Waals surface area contributed by atoms with Gasteiger partial charge < -0.3 is 14.5 Å². The first-order chi connectivity index (χ1) is 14.9. The smallest absolute Gasteiger partial charge is 0.449 e. The largest absolute Gasteiger partial charge is 0.494 e. The molecule has 1 aromatic heterocycles. The fourth-order valence-electron chi connectivity index (χ4n) is 3.02. The first-order valence-corrected chi connectivity index (χ1v) is 10.6. The Labute approximate surface area is 180 Å². The van der Waals surface area contributed by atoms with E-state index in [2.05, 4.69) is 23.8 Å². The first kappa shape index (κ1) is 22.7. The second kappa shape index (κ2) is 10.4. The van der Waals surface area contributed by atoms with Gasteiger partial charge in [0.1, 0.15) is 11.5 Å². The van der Waals surface area contributed by atoms with Gasteiger partial charge in [-0.25, -0.2) is 4.98 Å². The van der Waals surface area contributed by atoms with Crippen LogP contribution < -0.4 is 9.47 Å². The lowest BCUT2D eigenvalue weighted by atomic mass is 10.0. The number of alkyl halides is 3. The molecule has 0 saturated carbocycles. The average Bonchev–Trinajstić information content (AvgIpc) is 3.21. The number of unbranched alkanes of at least 4 members (excludes halogenated alkanes) is 2. The fourth-order valence-corrected chi connectivity index (χ4v) is 3.02. The number of hydrogen-bond acceptors (Lipinski definition) is 3. The molecule has 7 heteroatoms. The summed E-state index contributed by atoms with van der Waals surface area (Å²) in [7, 11) is 0. The highest BCUT2D eigenvalue weighted by atomic mass is 19.4. The van der Waals surface area contributed by atoms with Crippen LogP contribution >= 0.6 is 0 Å². The van der Waals surface area contributed by atoms with Crippen molar-refractivity contribution in [3.63, 3.8) is 0 Å². The lowest BCUT2D eigenvalue weighted by Gasteiger charge is -2.08. The van der Waals surface area contributed by atoms with E-state index in [4.69, 9.17) is 9.47 Å². The second-order valence-corrected chi connectivity index (χ2v) is 7.26. The molecule has 1 heterocycles.